The lowest BCUT2D eigenvalue weighted by molar-refractivity contribution is 0.0914. The van der Waals surface area contributed by atoms with Crippen LogP contribution in [0.5, 0.6) is 0 Å². The summed E-state index contributed by atoms with van der Waals surface area (Å²) >= 11 is 5.91. The van der Waals surface area contributed by atoms with Crippen molar-refractivity contribution < 1.29 is 9.59 Å². The van der Waals surface area contributed by atoms with Gasteiger partial charge in [0.15, 0.2) is 11.6 Å². The second-order valence-corrected chi connectivity index (χ2v) is 4.90. The van der Waals surface area contributed by atoms with Crippen molar-refractivity contribution in [1.29, 1.82) is 0 Å². The largest absolute Gasteiger partial charge is 0.294 e. The van der Waals surface area contributed by atoms with Gasteiger partial charge >= 0.3 is 0 Å². The van der Waals surface area contributed by atoms with Crippen molar-refractivity contribution in [1.82, 2.24) is 4.98 Å². The van der Waals surface area contributed by atoms with Crippen LogP contribution < -0.4 is 0 Å². The molecule has 1 aromatic heterocycles. The monoisotopic (exact) mass is 287 g/mol. The molecule has 2 aromatic rings. The Kier molecular flexibility index (Phi) is 4.64. The second kappa shape index (κ2) is 6.44. The zero-order valence-corrected chi connectivity index (χ0v) is 11.9. The maximum Gasteiger partial charge on any atom is 0.183 e. The first-order valence-electron chi connectivity index (χ1n) is 6.32. The van der Waals surface area contributed by atoms with Crippen LogP contribution in [0.2, 0.25) is 5.02 Å². The van der Waals surface area contributed by atoms with E-state index >= 15 is 0 Å². The molecule has 0 unspecified atom stereocenters. The number of rotatable bonds is 5. The molecule has 2 rings (SSSR count). The number of carbonyl (C=O) groups excluding carboxylic acids is 2. The molecule has 20 heavy (non-hydrogen) atoms. The van der Waals surface area contributed by atoms with Crippen molar-refractivity contribution in [3.8, 4) is 0 Å². The van der Waals surface area contributed by atoms with Crippen LogP contribution >= 0.6 is 11.6 Å². The summed E-state index contributed by atoms with van der Waals surface area (Å²) in [4.78, 5) is 28.0. The molecule has 0 saturated carbocycles. The SMILES string of the molecule is Cc1ccccc1C(=O)CCC(=O)c1ncccc1Cl. The fraction of sp³-hybridized carbons (Fsp3) is 0.188. The maximum atomic E-state index is 12.1. The number of hydrogen-bond donors (Lipinski definition) is 0. The van der Waals surface area contributed by atoms with E-state index in [1.54, 1.807) is 18.2 Å². The lowest BCUT2D eigenvalue weighted by Crippen LogP contribution is -2.08. The van der Waals surface area contributed by atoms with Gasteiger partial charge in [-0.2, -0.15) is 0 Å². The molecular weight excluding hydrogens is 274 g/mol. The highest BCUT2D eigenvalue weighted by Gasteiger charge is 2.15. The molecule has 0 aliphatic carbocycles. The van der Waals surface area contributed by atoms with Gasteiger partial charge < -0.3 is 0 Å². The third-order valence-corrected chi connectivity index (χ3v) is 3.35. The van der Waals surface area contributed by atoms with Crippen molar-refractivity contribution in [3.05, 3.63) is 64.4 Å². The summed E-state index contributed by atoms with van der Waals surface area (Å²) in [6.07, 6.45) is 1.79. The standard InChI is InChI=1S/C16H14ClNO2/c1-11-5-2-3-6-12(11)14(19)8-9-15(20)16-13(17)7-4-10-18-16/h2-7,10H,8-9H2,1H3. The predicted molar refractivity (Wildman–Crippen MR) is 78.3 cm³/mol. The van der Waals surface area contributed by atoms with Crippen LogP contribution in [0, 0.1) is 6.92 Å². The summed E-state index contributed by atoms with van der Waals surface area (Å²) < 4.78 is 0. The lowest BCUT2D eigenvalue weighted by atomic mass is 10.00. The van der Waals surface area contributed by atoms with E-state index in [1.165, 1.54) is 6.20 Å². The maximum absolute atomic E-state index is 12.1. The van der Waals surface area contributed by atoms with Crippen molar-refractivity contribution in [3.63, 3.8) is 0 Å². The summed E-state index contributed by atoms with van der Waals surface area (Å²) in [6, 6.07) is 10.6. The summed E-state index contributed by atoms with van der Waals surface area (Å²) in [7, 11) is 0. The molecular formula is C16H14ClNO2. The van der Waals surface area contributed by atoms with Gasteiger partial charge in [-0.05, 0) is 24.6 Å². The fourth-order valence-corrected chi connectivity index (χ4v) is 2.18. The first-order chi connectivity index (χ1) is 9.59. The average molecular weight is 288 g/mol. The van der Waals surface area contributed by atoms with E-state index in [2.05, 4.69) is 4.98 Å². The van der Waals surface area contributed by atoms with Gasteiger partial charge in [-0.1, -0.05) is 35.9 Å². The molecule has 0 atom stereocenters. The Bertz CT molecular complexity index is 595. The molecule has 0 saturated heterocycles. The number of ketones is 2. The topological polar surface area (TPSA) is 47.0 Å². The van der Waals surface area contributed by atoms with Gasteiger partial charge in [-0.15, -0.1) is 0 Å². The smallest absolute Gasteiger partial charge is 0.183 e. The average Bonchev–Trinajstić information content (AvgIpc) is 2.45. The molecule has 0 amide bonds. The number of aromatic nitrogens is 1. The van der Waals surface area contributed by atoms with Crippen LogP contribution in [0.4, 0.5) is 0 Å². The molecule has 1 aromatic carbocycles. The van der Waals surface area contributed by atoms with Crippen molar-refractivity contribution in [2.45, 2.75) is 19.8 Å². The first kappa shape index (κ1) is 14.4. The van der Waals surface area contributed by atoms with Crippen molar-refractivity contribution in [2.75, 3.05) is 0 Å². The molecule has 102 valence electrons. The summed E-state index contributed by atoms with van der Waals surface area (Å²) in [5.74, 6) is -0.249. The molecule has 0 N–H and O–H groups in total. The van der Waals surface area contributed by atoms with E-state index < -0.39 is 0 Å². The van der Waals surface area contributed by atoms with Crippen LogP contribution in [0.25, 0.3) is 0 Å². The molecule has 4 heteroatoms. The second-order valence-electron chi connectivity index (χ2n) is 4.50. The van der Waals surface area contributed by atoms with Crippen LogP contribution in [-0.4, -0.2) is 16.6 Å². The number of hydrogen-bond acceptors (Lipinski definition) is 3. The summed E-state index contributed by atoms with van der Waals surface area (Å²) in [5, 5.41) is 0.320. The first-order valence-corrected chi connectivity index (χ1v) is 6.70. The van der Waals surface area contributed by atoms with Crippen LogP contribution in [0.3, 0.4) is 0 Å². The number of carbonyl (C=O) groups is 2. The normalized spacial score (nSPS) is 10.3. The van der Waals surface area contributed by atoms with E-state index in [0.717, 1.165) is 5.56 Å². The highest BCUT2D eigenvalue weighted by atomic mass is 35.5. The molecule has 0 fully saturated rings. The van der Waals surface area contributed by atoms with Gasteiger partial charge in [-0.3, -0.25) is 14.6 Å². The molecule has 0 aliphatic rings. The van der Waals surface area contributed by atoms with E-state index in [4.69, 9.17) is 11.6 Å². The molecule has 3 nitrogen and oxygen atoms in total. The van der Waals surface area contributed by atoms with Crippen molar-refractivity contribution >= 4 is 23.2 Å². The highest BCUT2D eigenvalue weighted by molar-refractivity contribution is 6.33. The van der Waals surface area contributed by atoms with E-state index in [0.29, 0.717) is 10.6 Å². The minimum atomic E-state index is -0.211. The Morgan fingerprint density at radius 1 is 1.05 bits per heavy atom. The van der Waals surface area contributed by atoms with Crippen LogP contribution in [-0.2, 0) is 0 Å². The zero-order chi connectivity index (χ0) is 14.5. The minimum Gasteiger partial charge on any atom is -0.294 e. The molecule has 0 spiro atoms. The van der Waals surface area contributed by atoms with Crippen molar-refractivity contribution in [2.24, 2.45) is 0 Å². The minimum absolute atomic E-state index is 0.0384. The van der Waals surface area contributed by atoms with Crippen LogP contribution in [0.1, 0.15) is 39.3 Å². The fourth-order valence-electron chi connectivity index (χ4n) is 1.96. The van der Waals surface area contributed by atoms with E-state index in [-0.39, 0.29) is 30.1 Å². The third kappa shape index (κ3) is 3.31. The Morgan fingerprint density at radius 3 is 2.45 bits per heavy atom. The number of pyridine rings is 1. The van der Waals surface area contributed by atoms with E-state index in [1.807, 2.05) is 25.1 Å². The van der Waals surface area contributed by atoms with Gasteiger partial charge in [0.25, 0.3) is 0 Å². The van der Waals surface area contributed by atoms with Crippen LogP contribution in [0.15, 0.2) is 42.6 Å². The molecule has 0 bridgehead atoms. The number of benzene rings is 1. The predicted octanol–water partition coefficient (Wildman–Crippen LogP) is 3.89. The Labute approximate surface area is 122 Å². The third-order valence-electron chi connectivity index (χ3n) is 3.05. The lowest BCUT2D eigenvalue weighted by Gasteiger charge is -2.05. The summed E-state index contributed by atoms with van der Waals surface area (Å²) in [6.45, 7) is 1.88. The van der Waals surface area contributed by atoms with Gasteiger partial charge in [0.05, 0.1) is 5.02 Å². The van der Waals surface area contributed by atoms with Gasteiger partial charge in [-0.25, -0.2) is 0 Å². The Hall–Kier alpha value is -2.00. The molecule has 0 aliphatic heterocycles. The highest BCUT2D eigenvalue weighted by Crippen LogP contribution is 2.16. The van der Waals surface area contributed by atoms with E-state index in [9.17, 15) is 9.59 Å². The number of Topliss-reactive ketones (excluding diaryl/α,β-unsaturated/α-hetero) is 2. The number of halogens is 1. The van der Waals surface area contributed by atoms with Gasteiger partial charge in [0.2, 0.25) is 0 Å². The van der Waals surface area contributed by atoms with Gasteiger partial charge in [0.1, 0.15) is 5.69 Å². The van der Waals surface area contributed by atoms with Gasteiger partial charge in [0, 0.05) is 24.6 Å². The molecule has 0 radical (unpaired) electrons. The summed E-state index contributed by atoms with van der Waals surface area (Å²) in [5.41, 5.74) is 1.81. The quantitative estimate of drug-likeness (QED) is 0.784. The molecule has 1 heterocycles. The number of nitrogens with zero attached hydrogens (tertiary/aromatic N) is 1. The Morgan fingerprint density at radius 2 is 1.75 bits per heavy atom. The Balaban J connectivity index is 2.03. The zero-order valence-electron chi connectivity index (χ0n) is 11.1. The number of aryl methyl sites for hydroxylation is 1.